The van der Waals surface area contributed by atoms with Crippen LogP contribution in [0.3, 0.4) is 0 Å². The molecule has 0 aliphatic carbocycles. The van der Waals surface area contributed by atoms with E-state index in [-0.39, 0.29) is 9.92 Å². The molecule has 3 aromatic rings. The van der Waals surface area contributed by atoms with Gasteiger partial charge in [0.1, 0.15) is 0 Å². The van der Waals surface area contributed by atoms with Crippen LogP contribution < -0.4 is 4.90 Å². The molecule has 9 heteroatoms. The van der Waals surface area contributed by atoms with E-state index in [1.165, 1.54) is 39.2 Å². The van der Waals surface area contributed by atoms with Crippen molar-refractivity contribution >= 4 is 49.7 Å². The molecule has 1 aliphatic rings. The molecule has 31 heavy (non-hydrogen) atoms. The fourth-order valence-corrected chi connectivity index (χ4v) is 6.24. The van der Waals surface area contributed by atoms with Gasteiger partial charge in [0.2, 0.25) is 10.0 Å². The van der Waals surface area contributed by atoms with E-state index in [0.717, 1.165) is 17.2 Å². The highest BCUT2D eigenvalue weighted by Gasteiger charge is 2.29. The Morgan fingerprint density at radius 1 is 0.968 bits per heavy atom. The second kappa shape index (κ2) is 9.08. The Hall–Kier alpha value is -1.64. The number of sulfonamides is 1. The van der Waals surface area contributed by atoms with Crippen molar-refractivity contribution in [3.8, 4) is 0 Å². The smallest absolute Gasteiger partial charge is 0.243 e. The molecule has 0 saturated carbocycles. The summed E-state index contributed by atoms with van der Waals surface area (Å²) in [6, 6.07) is 10.9. The van der Waals surface area contributed by atoms with E-state index in [2.05, 4.69) is 42.3 Å². The largest absolute Gasteiger partial charge is 0.345 e. The minimum absolute atomic E-state index is 0.167. The first-order chi connectivity index (χ1) is 14.7. The average Bonchev–Trinajstić information content (AvgIpc) is 3.21. The summed E-state index contributed by atoms with van der Waals surface area (Å²) in [6.45, 7) is 6.22. The van der Waals surface area contributed by atoms with Gasteiger partial charge in [-0.2, -0.15) is 4.31 Å². The van der Waals surface area contributed by atoms with Gasteiger partial charge in [-0.3, -0.25) is 0 Å². The van der Waals surface area contributed by atoms with Crippen LogP contribution in [0.25, 0.3) is 0 Å². The molecule has 1 saturated heterocycles. The van der Waals surface area contributed by atoms with Crippen LogP contribution in [0.2, 0.25) is 10.0 Å². The third kappa shape index (κ3) is 4.91. The number of halogens is 2. The average molecular weight is 496 g/mol. The van der Waals surface area contributed by atoms with Gasteiger partial charge in [-0.05, 0) is 48.7 Å². The van der Waals surface area contributed by atoms with Crippen LogP contribution in [-0.4, -0.2) is 43.9 Å². The van der Waals surface area contributed by atoms with Gasteiger partial charge in [0.05, 0.1) is 20.6 Å². The Balaban J connectivity index is 1.41. The highest BCUT2D eigenvalue weighted by atomic mass is 35.5. The molecule has 1 aromatic heterocycles. The molecule has 0 radical (unpaired) electrons. The van der Waals surface area contributed by atoms with Gasteiger partial charge in [0.15, 0.2) is 5.13 Å². The molecule has 0 amide bonds. The summed E-state index contributed by atoms with van der Waals surface area (Å²) in [5.74, 6) is 0. The molecule has 0 atom stereocenters. The zero-order chi connectivity index (χ0) is 22.2. The molecule has 0 unspecified atom stereocenters. The van der Waals surface area contributed by atoms with E-state index in [1.54, 1.807) is 11.3 Å². The standard InChI is InChI=1S/C22H23Cl2N3O2S2/c1-15-3-4-17(11-16(15)2)12-18-14-30-22(25-18)26-7-9-27(10-8-26)31(28,29)19-5-6-20(23)21(24)13-19/h3-6,11,13-14H,7-10,12H2,1-2H3. The predicted octanol–water partition coefficient (Wildman–Crippen LogP) is 5.17. The number of aromatic nitrogens is 1. The van der Waals surface area contributed by atoms with E-state index in [0.29, 0.717) is 31.2 Å². The third-order valence-electron chi connectivity index (χ3n) is 5.53. The van der Waals surface area contributed by atoms with Crippen LogP contribution in [0.15, 0.2) is 46.7 Å². The summed E-state index contributed by atoms with van der Waals surface area (Å²) in [5, 5.41) is 3.60. The van der Waals surface area contributed by atoms with Crippen molar-refractivity contribution in [3.05, 3.63) is 74.2 Å². The highest BCUT2D eigenvalue weighted by molar-refractivity contribution is 7.89. The molecule has 0 spiro atoms. The lowest BCUT2D eigenvalue weighted by Crippen LogP contribution is -2.48. The summed E-state index contributed by atoms with van der Waals surface area (Å²) in [7, 11) is -3.60. The predicted molar refractivity (Wildman–Crippen MR) is 128 cm³/mol. The molecule has 4 rings (SSSR count). The first kappa shape index (κ1) is 22.6. The van der Waals surface area contributed by atoms with Crippen molar-refractivity contribution in [2.45, 2.75) is 25.2 Å². The first-order valence-corrected chi connectivity index (χ1v) is 13.0. The molecule has 0 bridgehead atoms. The molecule has 0 N–H and O–H groups in total. The second-order valence-electron chi connectivity index (χ2n) is 7.68. The minimum Gasteiger partial charge on any atom is -0.345 e. The fraction of sp³-hybridized carbons (Fsp3) is 0.318. The van der Waals surface area contributed by atoms with Gasteiger partial charge < -0.3 is 4.90 Å². The van der Waals surface area contributed by atoms with Crippen LogP contribution in [0.4, 0.5) is 5.13 Å². The van der Waals surface area contributed by atoms with E-state index >= 15 is 0 Å². The van der Waals surface area contributed by atoms with Crippen LogP contribution in [0.5, 0.6) is 0 Å². The van der Waals surface area contributed by atoms with Crippen LogP contribution >= 0.6 is 34.5 Å². The lowest BCUT2D eigenvalue weighted by Gasteiger charge is -2.33. The minimum atomic E-state index is -3.60. The molecule has 5 nitrogen and oxygen atoms in total. The maximum absolute atomic E-state index is 12.9. The van der Waals surface area contributed by atoms with Gasteiger partial charge in [-0.25, -0.2) is 13.4 Å². The number of piperazine rings is 1. The van der Waals surface area contributed by atoms with Gasteiger partial charge in [0.25, 0.3) is 0 Å². The highest BCUT2D eigenvalue weighted by Crippen LogP contribution is 2.28. The fourth-order valence-electron chi connectivity index (χ4n) is 3.55. The monoisotopic (exact) mass is 495 g/mol. The van der Waals surface area contributed by atoms with Crippen molar-refractivity contribution in [2.24, 2.45) is 0 Å². The second-order valence-corrected chi connectivity index (χ2v) is 11.3. The Kier molecular flexibility index (Phi) is 6.60. The number of rotatable bonds is 5. The van der Waals surface area contributed by atoms with Crippen LogP contribution in [0, 0.1) is 13.8 Å². The maximum Gasteiger partial charge on any atom is 0.243 e. The van der Waals surface area contributed by atoms with Crippen molar-refractivity contribution in [3.63, 3.8) is 0 Å². The Bertz CT molecular complexity index is 1200. The lowest BCUT2D eigenvalue weighted by atomic mass is 10.0. The Morgan fingerprint density at radius 3 is 2.39 bits per heavy atom. The topological polar surface area (TPSA) is 53.5 Å². The van der Waals surface area contributed by atoms with Crippen LogP contribution in [0.1, 0.15) is 22.4 Å². The number of hydrogen-bond acceptors (Lipinski definition) is 5. The van der Waals surface area contributed by atoms with Gasteiger partial charge in [-0.15, -0.1) is 11.3 Å². The number of aryl methyl sites for hydroxylation is 2. The quantitative estimate of drug-likeness (QED) is 0.489. The van der Waals surface area contributed by atoms with Crippen molar-refractivity contribution < 1.29 is 8.42 Å². The number of hydrogen-bond donors (Lipinski definition) is 0. The molecular weight excluding hydrogens is 473 g/mol. The summed E-state index contributed by atoms with van der Waals surface area (Å²) in [6.07, 6.45) is 0.795. The number of benzene rings is 2. The Labute approximate surface area is 197 Å². The summed E-state index contributed by atoms with van der Waals surface area (Å²) in [4.78, 5) is 7.11. The third-order valence-corrected chi connectivity index (χ3v) is 9.12. The first-order valence-electron chi connectivity index (χ1n) is 9.95. The zero-order valence-electron chi connectivity index (χ0n) is 17.3. The van der Waals surface area contributed by atoms with E-state index in [9.17, 15) is 8.42 Å². The van der Waals surface area contributed by atoms with Crippen LogP contribution in [-0.2, 0) is 16.4 Å². The molecule has 2 aromatic carbocycles. The zero-order valence-corrected chi connectivity index (χ0v) is 20.5. The SMILES string of the molecule is Cc1ccc(Cc2csc(N3CCN(S(=O)(=O)c4ccc(Cl)c(Cl)c4)CC3)n2)cc1C. The van der Waals surface area contributed by atoms with Gasteiger partial charge in [-0.1, -0.05) is 41.4 Å². The van der Waals surface area contributed by atoms with E-state index in [4.69, 9.17) is 28.2 Å². The van der Waals surface area contributed by atoms with Crippen molar-refractivity contribution in [2.75, 3.05) is 31.1 Å². The number of nitrogens with zero attached hydrogens (tertiary/aromatic N) is 3. The molecule has 164 valence electrons. The molecular formula is C22H23Cl2N3O2S2. The normalized spacial score (nSPS) is 15.4. The maximum atomic E-state index is 12.9. The molecule has 1 fully saturated rings. The number of thiazole rings is 1. The van der Waals surface area contributed by atoms with E-state index in [1.807, 2.05) is 0 Å². The van der Waals surface area contributed by atoms with E-state index < -0.39 is 10.0 Å². The Morgan fingerprint density at radius 2 is 1.71 bits per heavy atom. The van der Waals surface area contributed by atoms with Crippen molar-refractivity contribution in [1.29, 1.82) is 0 Å². The van der Waals surface area contributed by atoms with Crippen molar-refractivity contribution in [1.82, 2.24) is 9.29 Å². The molecule has 2 heterocycles. The summed E-state index contributed by atoms with van der Waals surface area (Å²) in [5.41, 5.74) is 4.86. The lowest BCUT2D eigenvalue weighted by molar-refractivity contribution is 0.384. The van der Waals surface area contributed by atoms with Gasteiger partial charge >= 0.3 is 0 Å². The van der Waals surface area contributed by atoms with Gasteiger partial charge in [0, 0.05) is 38.0 Å². The number of anilines is 1. The molecule has 1 aliphatic heterocycles. The summed E-state index contributed by atoms with van der Waals surface area (Å²) >= 11 is 13.5. The summed E-state index contributed by atoms with van der Waals surface area (Å²) < 4.78 is 27.4.